The summed E-state index contributed by atoms with van der Waals surface area (Å²) in [6.45, 7) is 6.55. The SMILES string of the molecule is CC(C)N1CCC(n2cccc(N)c2=O)CC1. The number of hydrogen-bond acceptors (Lipinski definition) is 3. The lowest BCUT2D eigenvalue weighted by atomic mass is 10.0. The van der Waals surface area contributed by atoms with Crippen LogP contribution in [0.5, 0.6) is 0 Å². The number of aromatic nitrogens is 1. The highest BCUT2D eigenvalue weighted by Gasteiger charge is 2.22. The van der Waals surface area contributed by atoms with E-state index in [0.29, 0.717) is 17.8 Å². The number of nitrogens with two attached hydrogens (primary N) is 1. The third-order valence-electron chi connectivity index (χ3n) is 3.63. The molecule has 0 aliphatic carbocycles. The molecule has 0 saturated carbocycles. The molecule has 0 unspecified atom stereocenters. The zero-order valence-corrected chi connectivity index (χ0v) is 10.6. The van der Waals surface area contributed by atoms with E-state index in [4.69, 9.17) is 5.73 Å². The molecule has 1 aromatic rings. The lowest BCUT2D eigenvalue weighted by Gasteiger charge is -2.35. The van der Waals surface area contributed by atoms with Gasteiger partial charge in [0.2, 0.25) is 0 Å². The van der Waals surface area contributed by atoms with Crippen molar-refractivity contribution in [2.45, 2.75) is 38.8 Å². The summed E-state index contributed by atoms with van der Waals surface area (Å²) in [6, 6.07) is 4.42. The Bertz CT molecular complexity index is 431. The van der Waals surface area contributed by atoms with Gasteiger partial charge in [-0.25, -0.2) is 0 Å². The summed E-state index contributed by atoms with van der Waals surface area (Å²) < 4.78 is 1.80. The van der Waals surface area contributed by atoms with Crippen molar-refractivity contribution in [2.24, 2.45) is 0 Å². The number of piperidine rings is 1. The Kier molecular flexibility index (Phi) is 3.52. The van der Waals surface area contributed by atoms with Crippen molar-refractivity contribution in [1.29, 1.82) is 0 Å². The maximum atomic E-state index is 11.9. The first-order chi connectivity index (χ1) is 8.09. The number of pyridine rings is 1. The number of anilines is 1. The van der Waals surface area contributed by atoms with Gasteiger partial charge in [0.05, 0.1) is 5.69 Å². The van der Waals surface area contributed by atoms with Crippen molar-refractivity contribution >= 4 is 5.69 Å². The van der Waals surface area contributed by atoms with E-state index in [1.54, 1.807) is 10.6 Å². The van der Waals surface area contributed by atoms with E-state index < -0.39 is 0 Å². The monoisotopic (exact) mass is 235 g/mol. The van der Waals surface area contributed by atoms with Gasteiger partial charge in [0.1, 0.15) is 0 Å². The first-order valence-electron chi connectivity index (χ1n) is 6.30. The molecule has 0 radical (unpaired) electrons. The smallest absolute Gasteiger partial charge is 0.273 e. The molecule has 0 atom stereocenters. The van der Waals surface area contributed by atoms with Crippen LogP contribution in [0.2, 0.25) is 0 Å². The van der Waals surface area contributed by atoms with E-state index in [0.717, 1.165) is 25.9 Å². The van der Waals surface area contributed by atoms with Crippen molar-refractivity contribution in [3.8, 4) is 0 Å². The molecule has 0 amide bonds. The molecule has 4 heteroatoms. The molecule has 1 saturated heterocycles. The normalized spacial score (nSPS) is 18.8. The Hall–Kier alpha value is -1.29. The van der Waals surface area contributed by atoms with Gasteiger partial charge >= 0.3 is 0 Å². The van der Waals surface area contributed by atoms with Gasteiger partial charge in [-0.15, -0.1) is 0 Å². The summed E-state index contributed by atoms with van der Waals surface area (Å²) in [5.41, 5.74) is 5.96. The molecular weight excluding hydrogens is 214 g/mol. The van der Waals surface area contributed by atoms with Crippen LogP contribution in [0, 0.1) is 0 Å². The topological polar surface area (TPSA) is 51.3 Å². The molecule has 94 valence electrons. The Labute approximate surface area is 102 Å². The molecule has 2 N–H and O–H groups in total. The van der Waals surface area contributed by atoms with Crippen LogP contribution in [0.3, 0.4) is 0 Å². The molecule has 1 aliphatic heterocycles. The minimum absolute atomic E-state index is 0.0458. The summed E-state index contributed by atoms with van der Waals surface area (Å²) in [6.07, 6.45) is 3.91. The predicted octanol–water partition coefficient (Wildman–Crippen LogP) is 1.48. The second-order valence-corrected chi connectivity index (χ2v) is 5.04. The third kappa shape index (κ3) is 2.52. The lowest BCUT2D eigenvalue weighted by Crippen LogP contribution is -2.40. The van der Waals surface area contributed by atoms with Gasteiger partial charge in [-0.05, 0) is 38.8 Å². The van der Waals surface area contributed by atoms with Crippen molar-refractivity contribution in [3.05, 3.63) is 28.7 Å². The fourth-order valence-corrected chi connectivity index (χ4v) is 2.50. The highest BCUT2D eigenvalue weighted by Crippen LogP contribution is 2.22. The maximum absolute atomic E-state index is 11.9. The third-order valence-corrected chi connectivity index (χ3v) is 3.63. The highest BCUT2D eigenvalue weighted by molar-refractivity contribution is 5.33. The largest absolute Gasteiger partial charge is 0.394 e. The van der Waals surface area contributed by atoms with Crippen molar-refractivity contribution in [3.63, 3.8) is 0 Å². The van der Waals surface area contributed by atoms with Crippen LogP contribution < -0.4 is 11.3 Å². The fourth-order valence-electron chi connectivity index (χ4n) is 2.50. The second-order valence-electron chi connectivity index (χ2n) is 5.04. The maximum Gasteiger partial charge on any atom is 0.273 e. The molecule has 1 aliphatic rings. The molecule has 0 spiro atoms. The molecular formula is C13H21N3O. The summed E-state index contributed by atoms with van der Waals surface area (Å²) in [7, 11) is 0. The predicted molar refractivity (Wildman–Crippen MR) is 70.1 cm³/mol. The second kappa shape index (κ2) is 4.92. The van der Waals surface area contributed by atoms with Crippen molar-refractivity contribution in [1.82, 2.24) is 9.47 Å². The van der Waals surface area contributed by atoms with Crippen LogP contribution in [0.15, 0.2) is 23.1 Å². The number of rotatable bonds is 2. The molecule has 2 heterocycles. The molecule has 2 rings (SSSR count). The summed E-state index contributed by atoms with van der Waals surface area (Å²) >= 11 is 0. The van der Waals surface area contributed by atoms with Gasteiger partial charge in [-0.3, -0.25) is 4.79 Å². The molecule has 1 fully saturated rings. The van der Waals surface area contributed by atoms with E-state index in [9.17, 15) is 4.79 Å². The number of nitrogens with zero attached hydrogens (tertiary/aromatic N) is 2. The van der Waals surface area contributed by atoms with Crippen LogP contribution in [0.4, 0.5) is 5.69 Å². The van der Waals surface area contributed by atoms with Gasteiger partial charge in [-0.1, -0.05) is 0 Å². The standard InChI is InChI=1S/C13H21N3O/c1-10(2)15-8-5-11(6-9-15)16-7-3-4-12(14)13(16)17/h3-4,7,10-11H,5-6,8-9,14H2,1-2H3. The van der Waals surface area contributed by atoms with Gasteiger partial charge in [0, 0.05) is 31.4 Å². The van der Waals surface area contributed by atoms with Gasteiger partial charge < -0.3 is 15.2 Å². The van der Waals surface area contributed by atoms with E-state index in [-0.39, 0.29) is 5.56 Å². The zero-order chi connectivity index (χ0) is 12.4. The minimum Gasteiger partial charge on any atom is -0.394 e. The average molecular weight is 235 g/mol. The van der Waals surface area contributed by atoms with Crippen LogP contribution in [0.1, 0.15) is 32.7 Å². The molecule has 0 aromatic carbocycles. The van der Waals surface area contributed by atoms with Crippen LogP contribution in [0.25, 0.3) is 0 Å². The minimum atomic E-state index is -0.0458. The summed E-state index contributed by atoms with van der Waals surface area (Å²) in [4.78, 5) is 14.4. The first-order valence-corrected chi connectivity index (χ1v) is 6.30. The molecule has 4 nitrogen and oxygen atoms in total. The Morgan fingerprint density at radius 3 is 2.59 bits per heavy atom. The Balaban J connectivity index is 2.11. The number of hydrogen-bond donors (Lipinski definition) is 1. The van der Waals surface area contributed by atoms with Crippen LogP contribution in [-0.4, -0.2) is 28.6 Å². The lowest BCUT2D eigenvalue weighted by molar-refractivity contribution is 0.150. The average Bonchev–Trinajstić information content (AvgIpc) is 2.33. The van der Waals surface area contributed by atoms with E-state index in [1.807, 2.05) is 12.3 Å². The van der Waals surface area contributed by atoms with E-state index in [2.05, 4.69) is 18.7 Å². The first kappa shape index (κ1) is 12.2. The summed E-state index contributed by atoms with van der Waals surface area (Å²) in [5, 5.41) is 0. The Morgan fingerprint density at radius 1 is 1.35 bits per heavy atom. The molecule has 1 aromatic heterocycles. The zero-order valence-electron chi connectivity index (χ0n) is 10.6. The number of nitrogen functional groups attached to an aromatic ring is 1. The fraction of sp³-hybridized carbons (Fsp3) is 0.615. The quantitative estimate of drug-likeness (QED) is 0.844. The van der Waals surface area contributed by atoms with E-state index >= 15 is 0 Å². The Morgan fingerprint density at radius 2 is 2.00 bits per heavy atom. The summed E-state index contributed by atoms with van der Waals surface area (Å²) in [5.74, 6) is 0. The van der Waals surface area contributed by atoms with Gasteiger partial charge in [0.15, 0.2) is 0 Å². The van der Waals surface area contributed by atoms with Crippen molar-refractivity contribution < 1.29 is 0 Å². The van der Waals surface area contributed by atoms with Crippen molar-refractivity contribution in [2.75, 3.05) is 18.8 Å². The van der Waals surface area contributed by atoms with Crippen LogP contribution in [-0.2, 0) is 0 Å². The highest BCUT2D eigenvalue weighted by atomic mass is 16.1. The van der Waals surface area contributed by atoms with Gasteiger partial charge in [0.25, 0.3) is 5.56 Å². The van der Waals surface area contributed by atoms with Crippen LogP contribution >= 0.6 is 0 Å². The van der Waals surface area contributed by atoms with Gasteiger partial charge in [-0.2, -0.15) is 0 Å². The number of likely N-dealkylation sites (tertiary alicyclic amines) is 1. The van der Waals surface area contributed by atoms with E-state index in [1.165, 1.54) is 0 Å². The molecule has 17 heavy (non-hydrogen) atoms. The molecule has 0 bridgehead atoms.